The average Bonchev–Trinajstić information content (AvgIpc) is 3.31. The van der Waals surface area contributed by atoms with Gasteiger partial charge in [-0.2, -0.15) is 0 Å². The first-order chi connectivity index (χ1) is 33.6. The number of carbonyl (C=O) groups excluding carboxylic acids is 2. The molecule has 9 nitrogen and oxygen atoms in total. The largest absolute Gasteiger partial charge is 0.477 e. The summed E-state index contributed by atoms with van der Waals surface area (Å²) in [5.41, 5.74) is 0. The predicted molar refractivity (Wildman–Crippen MR) is 290 cm³/mol. The fourth-order valence-electron chi connectivity index (χ4n) is 7.43. The highest BCUT2D eigenvalue weighted by Crippen LogP contribution is 2.16. The summed E-state index contributed by atoms with van der Waals surface area (Å²) in [6.07, 6.45) is 63.7. The van der Waals surface area contributed by atoms with Crippen LogP contribution in [-0.2, 0) is 33.3 Å². The normalized spacial score (nSPS) is 13.5. The van der Waals surface area contributed by atoms with Gasteiger partial charge in [-0.15, -0.1) is 0 Å². The molecule has 2 unspecified atom stereocenters. The van der Waals surface area contributed by atoms with Crippen molar-refractivity contribution >= 4 is 17.9 Å². The highest BCUT2D eigenvalue weighted by molar-refractivity contribution is 5.71. The monoisotopic (exact) mass is 967 g/mol. The smallest absolute Gasteiger partial charge is 0.361 e. The standard InChI is InChI=1S/C60H103NO8/c1-6-8-10-12-14-16-18-20-22-24-25-26-27-28-29-30-31-32-33-35-37-39-41-43-45-47-49-51-58(63)69-56(55-68-60(59(64)65)66-53-52-61(3,4)5)54-67-57(62)50-48-46-44-42-40-38-36-34-23-21-19-17-15-13-11-9-7-2/h8-11,14-17,20-23,25-26,56,60H,6-7,12-13,18-19,24,27-55H2,1-5H3/p+1/b10-8-,11-9-,16-14-,17-15-,22-20-,23-21-,26-25-. The first-order valence-electron chi connectivity index (χ1n) is 27.8. The topological polar surface area (TPSA) is 108 Å². The minimum atomic E-state index is -1.52. The summed E-state index contributed by atoms with van der Waals surface area (Å²) >= 11 is 0. The van der Waals surface area contributed by atoms with Crippen LogP contribution in [0.1, 0.15) is 219 Å². The maximum Gasteiger partial charge on any atom is 0.361 e. The number of ether oxygens (including phenoxy) is 4. The van der Waals surface area contributed by atoms with Crippen molar-refractivity contribution in [3.05, 3.63) is 85.1 Å². The van der Waals surface area contributed by atoms with Gasteiger partial charge in [0.25, 0.3) is 6.29 Å². The summed E-state index contributed by atoms with van der Waals surface area (Å²) in [5, 5.41) is 9.69. The third-order valence-corrected chi connectivity index (χ3v) is 11.6. The number of esters is 2. The molecule has 0 saturated carbocycles. The SMILES string of the molecule is CC/C=C\C/C=C\C/C=C\C/C=C\CCCCCCCCCCCCCCCCC(=O)OC(COC(=O)CCCCCCCCC/C=C\C/C=C\C/C=C\CC)COC(OCC[N+](C)(C)C)C(=O)O. The second-order valence-corrected chi connectivity index (χ2v) is 19.5. The van der Waals surface area contributed by atoms with Crippen LogP contribution in [-0.4, -0.2) is 87.4 Å². The summed E-state index contributed by atoms with van der Waals surface area (Å²) in [7, 11) is 5.96. The summed E-state index contributed by atoms with van der Waals surface area (Å²) in [6.45, 7) is 4.64. The average molecular weight is 967 g/mol. The molecule has 69 heavy (non-hydrogen) atoms. The van der Waals surface area contributed by atoms with E-state index in [0.717, 1.165) is 89.9 Å². The van der Waals surface area contributed by atoms with E-state index in [4.69, 9.17) is 18.9 Å². The van der Waals surface area contributed by atoms with E-state index in [2.05, 4.69) is 98.9 Å². The summed E-state index contributed by atoms with van der Waals surface area (Å²) in [5.74, 6) is -2.02. The van der Waals surface area contributed by atoms with E-state index < -0.39 is 24.3 Å². The number of carboxylic acids is 1. The number of hydrogen-bond donors (Lipinski definition) is 1. The fraction of sp³-hybridized carbons (Fsp3) is 0.717. The van der Waals surface area contributed by atoms with Crippen LogP contribution in [0.5, 0.6) is 0 Å². The van der Waals surface area contributed by atoms with Gasteiger partial charge in [-0.05, 0) is 83.5 Å². The van der Waals surface area contributed by atoms with E-state index in [-0.39, 0.29) is 38.6 Å². The van der Waals surface area contributed by atoms with E-state index >= 15 is 0 Å². The number of allylic oxidation sites excluding steroid dienone is 14. The van der Waals surface area contributed by atoms with Crippen LogP contribution in [0.25, 0.3) is 0 Å². The Morgan fingerprint density at radius 2 is 0.783 bits per heavy atom. The van der Waals surface area contributed by atoms with E-state index in [9.17, 15) is 19.5 Å². The number of aliphatic carboxylic acids is 1. The lowest BCUT2D eigenvalue weighted by Gasteiger charge is -2.25. The Labute approximate surface area is 423 Å². The zero-order chi connectivity index (χ0) is 50.6. The van der Waals surface area contributed by atoms with Crippen molar-refractivity contribution in [1.82, 2.24) is 0 Å². The van der Waals surface area contributed by atoms with Gasteiger partial charge >= 0.3 is 17.9 Å². The van der Waals surface area contributed by atoms with Crippen LogP contribution in [0.15, 0.2) is 85.1 Å². The molecule has 0 bridgehead atoms. The van der Waals surface area contributed by atoms with Crippen molar-refractivity contribution in [3.8, 4) is 0 Å². The number of unbranched alkanes of at least 4 members (excludes halogenated alkanes) is 21. The molecule has 0 aromatic heterocycles. The third-order valence-electron chi connectivity index (χ3n) is 11.6. The Kier molecular flexibility index (Phi) is 48.2. The zero-order valence-corrected chi connectivity index (χ0v) is 44.9. The number of quaternary nitrogens is 1. The van der Waals surface area contributed by atoms with Crippen LogP contribution in [0, 0.1) is 0 Å². The van der Waals surface area contributed by atoms with Crippen LogP contribution in [0.4, 0.5) is 0 Å². The number of hydrogen-bond acceptors (Lipinski definition) is 7. The number of likely N-dealkylation sites (N-methyl/N-ethyl adjacent to an activating group) is 1. The first-order valence-corrected chi connectivity index (χ1v) is 27.8. The molecule has 0 spiro atoms. The molecule has 0 aliphatic heterocycles. The van der Waals surface area contributed by atoms with Gasteiger partial charge in [0.2, 0.25) is 0 Å². The lowest BCUT2D eigenvalue weighted by atomic mass is 10.0. The van der Waals surface area contributed by atoms with Gasteiger partial charge < -0.3 is 28.5 Å². The zero-order valence-electron chi connectivity index (χ0n) is 44.9. The molecule has 0 saturated heterocycles. The van der Waals surface area contributed by atoms with Gasteiger partial charge in [0, 0.05) is 12.8 Å². The molecule has 0 aliphatic carbocycles. The van der Waals surface area contributed by atoms with Crippen LogP contribution >= 0.6 is 0 Å². The molecular formula is C60H104NO8+. The maximum atomic E-state index is 12.9. The summed E-state index contributed by atoms with van der Waals surface area (Å²) in [4.78, 5) is 37.4. The Balaban J connectivity index is 4.25. The minimum absolute atomic E-state index is 0.183. The summed E-state index contributed by atoms with van der Waals surface area (Å²) < 4.78 is 22.8. The second kappa shape index (κ2) is 50.8. The molecule has 1 N–H and O–H groups in total. The van der Waals surface area contributed by atoms with Crippen LogP contribution < -0.4 is 0 Å². The molecule has 0 fully saturated rings. The number of carbonyl (C=O) groups is 3. The predicted octanol–water partition coefficient (Wildman–Crippen LogP) is 16.0. The Morgan fingerprint density at radius 1 is 0.435 bits per heavy atom. The highest BCUT2D eigenvalue weighted by Gasteiger charge is 2.25. The molecule has 396 valence electrons. The van der Waals surface area contributed by atoms with Crippen molar-refractivity contribution in [2.45, 2.75) is 232 Å². The molecule has 2 atom stereocenters. The fourth-order valence-corrected chi connectivity index (χ4v) is 7.43. The van der Waals surface area contributed by atoms with E-state index in [1.54, 1.807) is 0 Å². The van der Waals surface area contributed by atoms with Crippen LogP contribution in [0.2, 0.25) is 0 Å². The van der Waals surface area contributed by atoms with Crippen molar-refractivity contribution < 1.29 is 42.9 Å². The number of rotatable bonds is 50. The quantitative estimate of drug-likeness (QED) is 0.0211. The molecule has 0 rings (SSSR count). The second-order valence-electron chi connectivity index (χ2n) is 19.5. The third kappa shape index (κ3) is 52.1. The van der Waals surface area contributed by atoms with Crippen molar-refractivity contribution in [3.63, 3.8) is 0 Å². The molecule has 0 aromatic carbocycles. The first kappa shape index (κ1) is 65.5. The van der Waals surface area contributed by atoms with Crippen molar-refractivity contribution in [2.24, 2.45) is 0 Å². The lowest BCUT2D eigenvalue weighted by Crippen LogP contribution is -2.40. The Hall–Kier alpha value is -3.53. The number of carboxylic acid groups (broad SMARTS) is 1. The lowest BCUT2D eigenvalue weighted by molar-refractivity contribution is -0.870. The summed E-state index contributed by atoms with van der Waals surface area (Å²) in [6, 6.07) is 0. The Bertz CT molecular complexity index is 1400. The highest BCUT2D eigenvalue weighted by atomic mass is 16.7. The van der Waals surface area contributed by atoms with Gasteiger partial charge in [-0.3, -0.25) is 9.59 Å². The van der Waals surface area contributed by atoms with Gasteiger partial charge in [0.05, 0.1) is 34.4 Å². The molecule has 0 amide bonds. The van der Waals surface area contributed by atoms with Crippen molar-refractivity contribution in [2.75, 3.05) is 47.5 Å². The van der Waals surface area contributed by atoms with Gasteiger partial charge in [-0.25, -0.2) is 4.79 Å². The molecule has 0 heterocycles. The van der Waals surface area contributed by atoms with E-state index in [1.807, 2.05) is 21.1 Å². The Morgan fingerprint density at radius 3 is 1.16 bits per heavy atom. The minimum Gasteiger partial charge on any atom is -0.477 e. The van der Waals surface area contributed by atoms with E-state index in [1.165, 1.54) is 96.3 Å². The van der Waals surface area contributed by atoms with E-state index in [0.29, 0.717) is 17.4 Å². The maximum absolute atomic E-state index is 12.9. The molecule has 0 aromatic rings. The molecular weight excluding hydrogens is 863 g/mol. The molecule has 9 heteroatoms. The molecule has 0 radical (unpaired) electrons. The molecule has 0 aliphatic rings. The van der Waals surface area contributed by atoms with Gasteiger partial charge in [0.15, 0.2) is 6.10 Å². The van der Waals surface area contributed by atoms with Gasteiger partial charge in [0.1, 0.15) is 13.2 Å². The van der Waals surface area contributed by atoms with Crippen molar-refractivity contribution in [1.29, 1.82) is 0 Å². The van der Waals surface area contributed by atoms with Gasteiger partial charge in [-0.1, -0.05) is 208 Å². The van der Waals surface area contributed by atoms with Crippen LogP contribution in [0.3, 0.4) is 0 Å². The number of nitrogens with zero attached hydrogens (tertiary/aromatic N) is 1.